The zero-order valence-corrected chi connectivity index (χ0v) is 20.1. The molecule has 1 aliphatic heterocycles. The topological polar surface area (TPSA) is 114 Å². The van der Waals surface area contributed by atoms with Gasteiger partial charge in [0.05, 0.1) is 4.92 Å². The van der Waals surface area contributed by atoms with E-state index >= 15 is 0 Å². The van der Waals surface area contributed by atoms with E-state index in [1.54, 1.807) is 25.3 Å². The van der Waals surface area contributed by atoms with Crippen molar-refractivity contribution in [3.05, 3.63) is 85.3 Å². The van der Waals surface area contributed by atoms with Crippen molar-refractivity contribution in [1.82, 2.24) is 10.3 Å². The summed E-state index contributed by atoms with van der Waals surface area (Å²) in [6.07, 6.45) is 2.53. The van der Waals surface area contributed by atoms with Crippen molar-refractivity contribution in [1.29, 1.82) is 0 Å². The van der Waals surface area contributed by atoms with Gasteiger partial charge in [0, 0.05) is 47.1 Å². The maximum absolute atomic E-state index is 13.5. The van der Waals surface area contributed by atoms with Crippen LogP contribution in [0.3, 0.4) is 0 Å². The molecule has 0 spiro atoms. The van der Waals surface area contributed by atoms with Gasteiger partial charge in [-0.3, -0.25) is 19.7 Å². The van der Waals surface area contributed by atoms with Gasteiger partial charge in [0.25, 0.3) is 11.6 Å². The molecule has 1 aromatic carbocycles. The minimum atomic E-state index is -0.777. The molecule has 1 aliphatic carbocycles. The molecule has 2 N–H and O–H groups in total. The highest BCUT2D eigenvalue weighted by atomic mass is 35.5. The van der Waals surface area contributed by atoms with E-state index < -0.39 is 16.7 Å². The summed E-state index contributed by atoms with van der Waals surface area (Å²) in [6, 6.07) is 7.97. The minimum Gasteiger partial charge on any atom is -0.362 e. The van der Waals surface area contributed by atoms with Crippen LogP contribution in [0.25, 0.3) is 0 Å². The third-order valence-corrected chi connectivity index (χ3v) is 6.46. The van der Waals surface area contributed by atoms with Gasteiger partial charge in [-0.1, -0.05) is 31.5 Å². The summed E-state index contributed by atoms with van der Waals surface area (Å²) in [5, 5.41) is 17.7. The Hall–Kier alpha value is -3.52. The molecule has 1 amide bonds. The number of anilines is 1. The van der Waals surface area contributed by atoms with Crippen LogP contribution in [-0.4, -0.2) is 21.6 Å². The van der Waals surface area contributed by atoms with Crippen molar-refractivity contribution in [2.75, 3.05) is 5.32 Å². The van der Waals surface area contributed by atoms with Crippen molar-refractivity contribution in [3.8, 4) is 0 Å². The average Bonchev–Trinajstić information content (AvgIpc) is 2.71. The number of aryl methyl sites for hydroxylation is 1. The number of dihydropyridines is 1. The van der Waals surface area contributed by atoms with E-state index in [1.165, 1.54) is 12.1 Å². The first-order valence-corrected chi connectivity index (χ1v) is 11.3. The molecule has 0 saturated heterocycles. The Bertz CT molecular complexity index is 1300. The number of amides is 1. The Kier molecular flexibility index (Phi) is 6.03. The van der Waals surface area contributed by atoms with E-state index in [0.717, 1.165) is 11.3 Å². The number of benzene rings is 1. The van der Waals surface area contributed by atoms with Crippen molar-refractivity contribution < 1.29 is 14.5 Å². The third kappa shape index (κ3) is 4.46. The molecule has 0 fully saturated rings. The van der Waals surface area contributed by atoms with E-state index in [4.69, 9.17) is 11.6 Å². The number of nitro benzene ring substituents is 1. The number of pyridine rings is 1. The van der Waals surface area contributed by atoms with E-state index in [2.05, 4.69) is 15.6 Å². The van der Waals surface area contributed by atoms with Crippen LogP contribution in [0.4, 0.5) is 11.5 Å². The fourth-order valence-electron chi connectivity index (χ4n) is 4.71. The van der Waals surface area contributed by atoms with Crippen molar-refractivity contribution >= 4 is 34.8 Å². The Morgan fingerprint density at radius 3 is 2.65 bits per heavy atom. The van der Waals surface area contributed by atoms with Crippen molar-refractivity contribution in [2.24, 2.45) is 5.41 Å². The number of aromatic nitrogens is 1. The van der Waals surface area contributed by atoms with Crippen LogP contribution in [0.2, 0.25) is 5.02 Å². The molecule has 8 nitrogen and oxygen atoms in total. The summed E-state index contributed by atoms with van der Waals surface area (Å²) in [6.45, 7) is 7.69. The number of ketones is 1. The largest absolute Gasteiger partial charge is 0.362 e. The van der Waals surface area contributed by atoms with E-state index in [0.29, 0.717) is 41.1 Å². The van der Waals surface area contributed by atoms with Crippen LogP contribution in [0.15, 0.2) is 59.1 Å². The van der Waals surface area contributed by atoms with Crippen molar-refractivity contribution in [2.45, 2.75) is 46.5 Å². The molecule has 34 heavy (non-hydrogen) atoms. The smallest absolute Gasteiger partial charge is 0.288 e. The number of nitro groups is 1. The summed E-state index contributed by atoms with van der Waals surface area (Å²) in [5.74, 6) is -0.926. The van der Waals surface area contributed by atoms with Crippen LogP contribution in [0.5, 0.6) is 0 Å². The number of rotatable bonds is 4. The Balaban J connectivity index is 1.86. The lowest BCUT2D eigenvalue weighted by Crippen LogP contribution is -2.39. The molecule has 2 heterocycles. The normalized spacial score (nSPS) is 19.4. The number of nitrogens with one attached hydrogen (secondary N) is 2. The molecule has 2 aliphatic rings. The molecule has 9 heteroatoms. The summed E-state index contributed by atoms with van der Waals surface area (Å²) in [4.78, 5) is 42.1. The predicted octanol–water partition coefficient (Wildman–Crippen LogP) is 5.19. The lowest BCUT2D eigenvalue weighted by Gasteiger charge is -2.39. The number of hydrogen-bond acceptors (Lipinski definition) is 6. The van der Waals surface area contributed by atoms with Crippen LogP contribution in [0, 0.1) is 22.5 Å². The highest BCUT2D eigenvalue weighted by molar-refractivity contribution is 6.32. The van der Waals surface area contributed by atoms with Crippen molar-refractivity contribution in [3.63, 3.8) is 0 Å². The molecule has 0 bridgehead atoms. The number of carbonyl (C=O) groups excluding carboxylic acids is 2. The zero-order valence-electron chi connectivity index (χ0n) is 19.4. The number of Topliss-reactive ketones (excluding diaryl/α,β-unsaturated/α-hetero) is 1. The molecule has 2 aromatic rings. The molecule has 176 valence electrons. The lowest BCUT2D eigenvalue weighted by molar-refractivity contribution is -0.384. The highest BCUT2D eigenvalue weighted by Gasteiger charge is 2.43. The van der Waals surface area contributed by atoms with E-state index in [9.17, 15) is 19.7 Å². The van der Waals surface area contributed by atoms with E-state index in [-0.39, 0.29) is 21.9 Å². The summed E-state index contributed by atoms with van der Waals surface area (Å²) < 4.78 is 0. The first-order valence-electron chi connectivity index (χ1n) is 10.9. The number of carbonyl (C=O) groups is 2. The fourth-order valence-corrected chi connectivity index (χ4v) is 4.89. The molecule has 0 unspecified atom stereocenters. The highest BCUT2D eigenvalue weighted by Crippen LogP contribution is 2.47. The lowest BCUT2D eigenvalue weighted by atomic mass is 9.68. The molecule has 1 aromatic heterocycles. The monoisotopic (exact) mass is 480 g/mol. The average molecular weight is 481 g/mol. The second kappa shape index (κ2) is 8.68. The van der Waals surface area contributed by atoms with Gasteiger partial charge in [-0.15, -0.1) is 0 Å². The maximum atomic E-state index is 13.5. The SMILES string of the molecule is CC1=C(C(=O)Nc2cc(C)ccn2)[C@H](c2ccc(Cl)c([N+](=O)[O-])c2)C2=C(CC(C)(C)CC2=O)N1. The minimum absolute atomic E-state index is 0.0105. The van der Waals surface area contributed by atoms with Gasteiger partial charge < -0.3 is 10.6 Å². The molecular formula is C25H25ClN4O4. The molecule has 1 atom stereocenters. The Labute approximate surface area is 202 Å². The van der Waals surface area contributed by atoms with Crippen LogP contribution >= 0.6 is 11.6 Å². The predicted molar refractivity (Wildman–Crippen MR) is 129 cm³/mol. The molecule has 0 saturated carbocycles. The summed E-state index contributed by atoms with van der Waals surface area (Å²) in [5.41, 5.74) is 2.96. The standard InChI is InChI=1S/C25H25ClN4O4/c1-13-7-8-27-20(9-13)29-24(32)21-14(2)28-17-11-25(3,4)12-19(31)23(17)22(21)15-5-6-16(26)18(10-15)30(33)34/h5-10,22,28H,11-12H2,1-4H3,(H,27,29,32)/t22-/m0/s1. The molecular weight excluding hydrogens is 456 g/mol. The zero-order chi connectivity index (χ0) is 24.8. The molecule has 0 radical (unpaired) electrons. The van der Waals surface area contributed by atoms with Crippen LogP contribution in [0.1, 0.15) is 50.7 Å². The first kappa shape index (κ1) is 23.6. The summed E-state index contributed by atoms with van der Waals surface area (Å²) >= 11 is 6.05. The van der Waals surface area contributed by atoms with Gasteiger partial charge in [0.1, 0.15) is 10.8 Å². The van der Waals surface area contributed by atoms with E-state index in [1.807, 2.05) is 26.8 Å². The fraction of sp³-hybridized carbons (Fsp3) is 0.320. The third-order valence-electron chi connectivity index (χ3n) is 6.14. The number of hydrogen-bond donors (Lipinski definition) is 2. The first-order chi connectivity index (χ1) is 16.0. The quantitative estimate of drug-likeness (QED) is 0.459. The number of nitrogens with zero attached hydrogens (tertiary/aromatic N) is 2. The van der Waals surface area contributed by atoms with Gasteiger partial charge >= 0.3 is 0 Å². The van der Waals surface area contributed by atoms with Crippen LogP contribution < -0.4 is 10.6 Å². The van der Waals surface area contributed by atoms with Crippen LogP contribution in [-0.2, 0) is 9.59 Å². The second-order valence-corrected chi connectivity index (χ2v) is 9.98. The van der Waals surface area contributed by atoms with Gasteiger partial charge in [-0.2, -0.15) is 0 Å². The Morgan fingerprint density at radius 2 is 1.97 bits per heavy atom. The Morgan fingerprint density at radius 1 is 1.24 bits per heavy atom. The maximum Gasteiger partial charge on any atom is 0.288 e. The second-order valence-electron chi connectivity index (χ2n) is 9.57. The van der Waals surface area contributed by atoms with Gasteiger partial charge in [-0.05, 0) is 55.0 Å². The number of allylic oxidation sites excluding steroid dienone is 3. The molecule has 4 rings (SSSR count). The summed E-state index contributed by atoms with van der Waals surface area (Å²) in [7, 11) is 0. The van der Waals surface area contributed by atoms with Gasteiger partial charge in [0.2, 0.25) is 0 Å². The van der Waals surface area contributed by atoms with Gasteiger partial charge in [0.15, 0.2) is 5.78 Å². The van der Waals surface area contributed by atoms with Gasteiger partial charge in [-0.25, -0.2) is 4.98 Å². The number of halogens is 1.